The molecule has 0 spiro atoms. The minimum absolute atomic E-state index is 0.0884. The molecule has 0 aliphatic carbocycles. The van der Waals surface area contributed by atoms with Crippen molar-refractivity contribution in [2.75, 3.05) is 0 Å². The molecule has 1 heterocycles. The van der Waals surface area contributed by atoms with Crippen LogP contribution in [0.4, 0.5) is 0 Å². The van der Waals surface area contributed by atoms with E-state index < -0.39 is 14.8 Å². The molecule has 0 saturated carbocycles. The number of ketones is 1. The molecule has 1 aliphatic rings. The predicted molar refractivity (Wildman–Crippen MR) is 117 cm³/mol. The lowest BCUT2D eigenvalue weighted by atomic mass is 9.95. The second-order valence-corrected chi connectivity index (χ2v) is 9.39. The van der Waals surface area contributed by atoms with Gasteiger partial charge < -0.3 is 9.16 Å². The summed E-state index contributed by atoms with van der Waals surface area (Å²) in [5, 5.41) is 2.30. The number of benzene rings is 3. The lowest BCUT2D eigenvalue weighted by Crippen LogP contribution is -2.55. The van der Waals surface area contributed by atoms with Crippen LogP contribution in [0, 0.1) is 0 Å². The fourth-order valence-electron chi connectivity index (χ4n) is 3.71. The van der Waals surface area contributed by atoms with E-state index in [9.17, 15) is 4.79 Å². The van der Waals surface area contributed by atoms with Crippen LogP contribution in [0.3, 0.4) is 0 Å². The van der Waals surface area contributed by atoms with Crippen LogP contribution in [0.2, 0.25) is 0 Å². The summed E-state index contributed by atoms with van der Waals surface area (Å²) in [4.78, 5) is 13.0. The van der Waals surface area contributed by atoms with Gasteiger partial charge in [-0.3, -0.25) is 4.79 Å². The highest BCUT2D eigenvalue weighted by Gasteiger charge is 2.44. The molecule has 1 atom stereocenters. The number of carbonyl (C=O) groups is 1. The monoisotopic (exact) mass is 401 g/mol. The average Bonchev–Trinajstić information content (AvgIpc) is 2.77. The van der Waals surface area contributed by atoms with Gasteiger partial charge in [-0.25, -0.2) is 0 Å². The number of ether oxygens (including phenoxy) is 1. The normalized spacial score (nSPS) is 18.3. The Morgan fingerprint density at radius 3 is 2.10 bits per heavy atom. The van der Waals surface area contributed by atoms with Crippen LogP contribution < -0.4 is 15.1 Å². The molecule has 1 aliphatic heterocycles. The van der Waals surface area contributed by atoms with Gasteiger partial charge in [-0.1, -0.05) is 86.1 Å². The Labute approximate surface area is 174 Å². The van der Waals surface area contributed by atoms with E-state index in [4.69, 9.17) is 9.16 Å². The van der Waals surface area contributed by atoms with E-state index in [1.165, 1.54) is 0 Å². The summed E-state index contributed by atoms with van der Waals surface area (Å²) in [6.45, 7) is 2.15. The number of Topliss-reactive ketones (excluding diaryl/α,β-unsaturated/α-hetero) is 1. The van der Waals surface area contributed by atoms with E-state index in [0.29, 0.717) is 17.7 Å². The molecule has 0 aromatic heterocycles. The van der Waals surface area contributed by atoms with Crippen molar-refractivity contribution in [3.63, 3.8) is 0 Å². The van der Waals surface area contributed by atoms with Crippen molar-refractivity contribution in [3.05, 3.63) is 90.5 Å². The number of unbranched alkanes of at least 4 members (excludes halogenated alkanes) is 1. The van der Waals surface area contributed by atoms with E-state index in [2.05, 4.69) is 31.2 Å². The highest BCUT2D eigenvalue weighted by molar-refractivity contribution is 6.80. The van der Waals surface area contributed by atoms with Crippen molar-refractivity contribution in [2.45, 2.75) is 38.4 Å². The molecule has 0 amide bonds. The molecule has 4 rings (SSSR count). The summed E-state index contributed by atoms with van der Waals surface area (Å²) in [6.07, 6.45) is 2.90. The van der Waals surface area contributed by atoms with Crippen LogP contribution in [-0.4, -0.2) is 20.6 Å². The SMILES string of the molecule is CCCCC1(O[Si](c2ccccc2)c2ccccc2)CC(=O)c2ccccc2O1. The van der Waals surface area contributed by atoms with Crippen LogP contribution in [0.5, 0.6) is 5.75 Å². The molecule has 29 heavy (non-hydrogen) atoms. The van der Waals surface area contributed by atoms with E-state index in [1.807, 2.05) is 60.7 Å². The summed E-state index contributed by atoms with van der Waals surface area (Å²) in [7, 11) is -1.59. The molecule has 0 bridgehead atoms. The number of rotatable bonds is 7. The van der Waals surface area contributed by atoms with Crippen LogP contribution in [0.15, 0.2) is 84.9 Å². The van der Waals surface area contributed by atoms with Gasteiger partial charge in [0.2, 0.25) is 5.79 Å². The standard InChI is InChI=1S/C25H25O3Si/c1-2-3-18-25(19-23(26)22-16-10-11-17-24(22)27-25)28-29(20-12-6-4-7-13-20)21-14-8-5-9-15-21/h4-17H,2-3,18-19H2,1H3. The van der Waals surface area contributed by atoms with Gasteiger partial charge in [0.15, 0.2) is 5.78 Å². The van der Waals surface area contributed by atoms with Crippen molar-refractivity contribution >= 4 is 25.2 Å². The fraction of sp³-hybridized carbons (Fsp3) is 0.240. The molecular formula is C25H25O3Si. The molecule has 0 saturated heterocycles. The number of carbonyl (C=O) groups excluding carboxylic acids is 1. The molecule has 3 aromatic rings. The Morgan fingerprint density at radius 2 is 1.48 bits per heavy atom. The summed E-state index contributed by atoms with van der Waals surface area (Å²) >= 11 is 0. The van der Waals surface area contributed by atoms with Crippen LogP contribution in [0.1, 0.15) is 43.0 Å². The number of hydrogen-bond acceptors (Lipinski definition) is 3. The quantitative estimate of drug-likeness (QED) is 0.552. The average molecular weight is 402 g/mol. The first-order valence-electron chi connectivity index (χ1n) is 10.2. The van der Waals surface area contributed by atoms with Gasteiger partial charge in [0.1, 0.15) is 5.75 Å². The molecule has 147 valence electrons. The summed E-state index contributed by atoms with van der Waals surface area (Å²) < 4.78 is 13.3. The maximum absolute atomic E-state index is 13.0. The van der Waals surface area contributed by atoms with Gasteiger partial charge in [0, 0.05) is 6.42 Å². The fourth-order valence-corrected chi connectivity index (χ4v) is 5.85. The van der Waals surface area contributed by atoms with Crippen LogP contribution in [-0.2, 0) is 4.43 Å². The van der Waals surface area contributed by atoms with Crippen LogP contribution >= 0.6 is 0 Å². The Bertz CT molecular complexity index is 919. The van der Waals surface area contributed by atoms with Crippen molar-refractivity contribution in [1.29, 1.82) is 0 Å². The Kier molecular flexibility index (Phi) is 5.93. The van der Waals surface area contributed by atoms with E-state index >= 15 is 0 Å². The topological polar surface area (TPSA) is 35.5 Å². The molecule has 3 nitrogen and oxygen atoms in total. The number of para-hydroxylation sites is 1. The van der Waals surface area contributed by atoms with Gasteiger partial charge in [0.05, 0.1) is 12.0 Å². The Hall–Kier alpha value is -2.69. The molecule has 1 radical (unpaired) electrons. The number of fused-ring (bicyclic) bond motifs is 1. The van der Waals surface area contributed by atoms with Crippen molar-refractivity contribution in [1.82, 2.24) is 0 Å². The zero-order valence-electron chi connectivity index (χ0n) is 16.6. The zero-order chi connectivity index (χ0) is 20.1. The minimum Gasteiger partial charge on any atom is -0.462 e. The van der Waals surface area contributed by atoms with Gasteiger partial charge in [-0.2, -0.15) is 0 Å². The largest absolute Gasteiger partial charge is 0.462 e. The van der Waals surface area contributed by atoms with E-state index in [0.717, 1.165) is 23.2 Å². The molecule has 3 aromatic carbocycles. The smallest absolute Gasteiger partial charge is 0.287 e. The molecule has 1 unspecified atom stereocenters. The maximum atomic E-state index is 13.0. The van der Waals surface area contributed by atoms with Gasteiger partial charge in [0.25, 0.3) is 9.04 Å². The molecule has 0 N–H and O–H groups in total. The van der Waals surface area contributed by atoms with Crippen LogP contribution in [0.25, 0.3) is 0 Å². The van der Waals surface area contributed by atoms with Crippen molar-refractivity contribution in [3.8, 4) is 5.75 Å². The first-order chi connectivity index (χ1) is 14.2. The van der Waals surface area contributed by atoms with E-state index in [-0.39, 0.29) is 12.2 Å². The minimum atomic E-state index is -1.59. The maximum Gasteiger partial charge on any atom is 0.287 e. The lowest BCUT2D eigenvalue weighted by molar-refractivity contribution is -0.124. The van der Waals surface area contributed by atoms with E-state index in [1.54, 1.807) is 0 Å². The summed E-state index contributed by atoms with van der Waals surface area (Å²) in [5.41, 5.74) is 0.649. The number of hydrogen-bond donors (Lipinski definition) is 0. The highest BCUT2D eigenvalue weighted by Crippen LogP contribution is 2.37. The molecular weight excluding hydrogens is 376 g/mol. The van der Waals surface area contributed by atoms with Gasteiger partial charge in [-0.15, -0.1) is 0 Å². The summed E-state index contributed by atoms with van der Waals surface area (Å²) in [5.74, 6) is -0.214. The van der Waals surface area contributed by atoms with Gasteiger partial charge >= 0.3 is 0 Å². The van der Waals surface area contributed by atoms with Crippen molar-refractivity contribution < 1.29 is 14.0 Å². The van der Waals surface area contributed by atoms with Crippen molar-refractivity contribution in [2.24, 2.45) is 0 Å². The third-order valence-electron chi connectivity index (χ3n) is 5.18. The Morgan fingerprint density at radius 1 is 0.897 bits per heavy atom. The van der Waals surface area contributed by atoms with Gasteiger partial charge in [-0.05, 0) is 28.9 Å². The Balaban J connectivity index is 1.74. The summed E-state index contributed by atoms with van der Waals surface area (Å²) in [6, 6.07) is 28.1. The third-order valence-corrected chi connectivity index (χ3v) is 7.48. The third kappa shape index (κ3) is 4.34. The second kappa shape index (κ2) is 8.76. The molecule has 0 fully saturated rings. The molecule has 4 heteroatoms. The second-order valence-electron chi connectivity index (χ2n) is 7.38. The first kappa shape index (κ1) is 19.6. The first-order valence-corrected chi connectivity index (χ1v) is 11.6. The lowest BCUT2D eigenvalue weighted by Gasteiger charge is -2.40. The predicted octanol–water partition coefficient (Wildman–Crippen LogP) is 4.36. The zero-order valence-corrected chi connectivity index (χ0v) is 17.6. The highest BCUT2D eigenvalue weighted by atomic mass is 28.3.